The minimum absolute atomic E-state index is 0.00879. The lowest BCUT2D eigenvalue weighted by Crippen LogP contribution is -2.47. The van der Waals surface area contributed by atoms with Crippen LogP contribution in [0.25, 0.3) is 11.3 Å². The summed E-state index contributed by atoms with van der Waals surface area (Å²) in [6.07, 6.45) is -4.32. The monoisotopic (exact) mass is 427 g/mol. The lowest BCUT2D eigenvalue weighted by molar-refractivity contribution is -0.145. The molecule has 0 bridgehead atoms. The summed E-state index contributed by atoms with van der Waals surface area (Å²) in [5, 5.41) is 11.8. The van der Waals surface area contributed by atoms with Gasteiger partial charge < -0.3 is 10.4 Å². The summed E-state index contributed by atoms with van der Waals surface area (Å²) in [6, 6.07) is 1.03. The second kappa shape index (κ2) is 8.20. The Kier molecular flexibility index (Phi) is 5.85. The normalized spacial score (nSPS) is 21.5. The number of likely N-dealkylation sites (tertiary alicyclic amines) is 1. The largest absolute Gasteiger partial charge is 0.465 e. The van der Waals surface area contributed by atoms with Crippen LogP contribution in [0.3, 0.4) is 0 Å². The van der Waals surface area contributed by atoms with E-state index in [2.05, 4.69) is 20.3 Å². The van der Waals surface area contributed by atoms with Gasteiger partial charge in [-0.1, -0.05) is 0 Å². The number of pyridine rings is 1. The van der Waals surface area contributed by atoms with Crippen molar-refractivity contribution in [3.05, 3.63) is 42.1 Å². The van der Waals surface area contributed by atoms with Gasteiger partial charge in [-0.15, -0.1) is 0 Å². The molecule has 160 valence electrons. The van der Waals surface area contributed by atoms with Gasteiger partial charge in [0.2, 0.25) is 11.7 Å². The van der Waals surface area contributed by atoms with Crippen LogP contribution in [0.15, 0.2) is 30.7 Å². The van der Waals surface area contributed by atoms with Crippen LogP contribution < -0.4 is 5.32 Å². The van der Waals surface area contributed by atoms with E-state index in [1.807, 2.05) is 0 Å². The number of aromatic nitrogens is 3. The number of halogens is 4. The Hall–Kier alpha value is -3.31. The molecule has 30 heavy (non-hydrogen) atoms. The van der Waals surface area contributed by atoms with Crippen LogP contribution in [-0.4, -0.2) is 55.2 Å². The van der Waals surface area contributed by atoms with Crippen molar-refractivity contribution in [2.24, 2.45) is 0 Å². The lowest BCUT2D eigenvalue weighted by atomic mass is 10.1. The third kappa shape index (κ3) is 4.47. The van der Waals surface area contributed by atoms with Crippen molar-refractivity contribution in [2.45, 2.75) is 44.3 Å². The summed E-state index contributed by atoms with van der Waals surface area (Å²) in [4.78, 5) is 35.1. The van der Waals surface area contributed by atoms with Crippen molar-refractivity contribution in [3.63, 3.8) is 0 Å². The van der Waals surface area contributed by atoms with Gasteiger partial charge in [0.1, 0.15) is 12.2 Å². The Morgan fingerprint density at radius 2 is 1.93 bits per heavy atom. The highest BCUT2D eigenvalue weighted by atomic mass is 19.4. The van der Waals surface area contributed by atoms with Gasteiger partial charge in [-0.3, -0.25) is 14.7 Å². The molecule has 3 rings (SSSR count). The summed E-state index contributed by atoms with van der Waals surface area (Å²) >= 11 is 0. The Bertz CT molecular complexity index is 938. The Labute approximate surface area is 168 Å². The molecule has 1 aliphatic heterocycles. The minimum atomic E-state index is -4.65. The van der Waals surface area contributed by atoms with Gasteiger partial charge in [-0.25, -0.2) is 19.2 Å². The van der Waals surface area contributed by atoms with Crippen LogP contribution in [0.4, 0.5) is 22.4 Å². The molecule has 0 unspecified atom stereocenters. The molecule has 0 saturated carbocycles. The molecule has 3 atom stereocenters. The standard InChI is InChI=1S/C18H17F4N5O3/c1-9-12(19)5-14(27(9)17(29)30)15(28)24-6-10-2-3-23-13(4-10)11-7-25-16(26-8-11)18(20,21)22/h2-4,7-9,12,14H,5-6H2,1H3,(H,24,28)(H,29,30)/t9-,12+,14-/m0/s1. The Morgan fingerprint density at radius 1 is 1.27 bits per heavy atom. The van der Waals surface area contributed by atoms with Crippen molar-refractivity contribution in [1.82, 2.24) is 25.2 Å². The van der Waals surface area contributed by atoms with E-state index in [1.165, 1.54) is 19.2 Å². The fourth-order valence-corrected chi connectivity index (χ4v) is 3.18. The zero-order chi connectivity index (χ0) is 22.1. The molecule has 0 aromatic carbocycles. The first-order chi connectivity index (χ1) is 14.1. The molecule has 2 aromatic heterocycles. The lowest BCUT2D eigenvalue weighted by Gasteiger charge is -2.24. The highest BCUT2D eigenvalue weighted by Crippen LogP contribution is 2.28. The molecule has 1 fully saturated rings. The predicted octanol–water partition coefficient (Wildman–Crippen LogP) is 2.65. The Morgan fingerprint density at radius 3 is 2.53 bits per heavy atom. The van der Waals surface area contributed by atoms with E-state index in [0.29, 0.717) is 11.3 Å². The van der Waals surface area contributed by atoms with Crippen LogP contribution in [0.5, 0.6) is 0 Å². The summed E-state index contributed by atoms with van der Waals surface area (Å²) in [5.41, 5.74) is 1.09. The van der Waals surface area contributed by atoms with E-state index in [-0.39, 0.29) is 18.5 Å². The summed E-state index contributed by atoms with van der Waals surface area (Å²) in [7, 11) is 0. The molecule has 8 nitrogen and oxygen atoms in total. The average molecular weight is 427 g/mol. The summed E-state index contributed by atoms with van der Waals surface area (Å²) in [5.74, 6) is -1.91. The first-order valence-electron chi connectivity index (χ1n) is 8.85. The van der Waals surface area contributed by atoms with Crippen molar-refractivity contribution < 1.29 is 32.3 Å². The van der Waals surface area contributed by atoms with E-state index >= 15 is 0 Å². The van der Waals surface area contributed by atoms with Crippen LogP contribution >= 0.6 is 0 Å². The molecule has 0 aliphatic carbocycles. The maximum atomic E-state index is 13.9. The van der Waals surface area contributed by atoms with Crippen molar-refractivity contribution in [3.8, 4) is 11.3 Å². The van der Waals surface area contributed by atoms with E-state index in [4.69, 9.17) is 0 Å². The van der Waals surface area contributed by atoms with E-state index in [1.54, 1.807) is 6.07 Å². The molecule has 2 N–H and O–H groups in total. The number of rotatable bonds is 4. The van der Waals surface area contributed by atoms with Gasteiger partial charge in [0.05, 0.1) is 11.7 Å². The molecule has 2 amide bonds. The second-order valence-electron chi connectivity index (χ2n) is 6.76. The third-order valence-corrected chi connectivity index (χ3v) is 4.76. The predicted molar refractivity (Wildman–Crippen MR) is 94.7 cm³/mol. The first kappa shape index (κ1) is 21.4. The topological polar surface area (TPSA) is 108 Å². The highest BCUT2D eigenvalue weighted by molar-refractivity contribution is 5.86. The SMILES string of the molecule is C[C@H]1[C@H](F)C[C@@H](C(=O)NCc2ccnc(-c3cnc(C(F)(F)F)nc3)c2)N1C(=O)O. The summed E-state index contributed by atoms with van der Waals surface area (Å²) in [6.45, 7) is 1.39. The van der Waals surface area contributed by atoms with Crippen molar-refractivity contribution in [1.29, 1.82) is 0 Å². The molecule has 3 heterocycles. The number of alkyl halides is 4. The first-order valence-corrected chi connectivity index (χ1v) is 8.85. The van der Waals surface area contributed by atoms with E-state index in [0.717, 1.165) is 17.3 Å². The maximum absolute atomic E-state index is 13.9. The molecular weight excluding hydrogens is 410 g/mol. The van der Waals surface area contributed by atoms with E-state index in [9.17, 15) is 32.3 Å². The maximum Gasteiger partial charge on any atom is 0.451 e. The molecular formula is C18H17F4N5O3. The van der Waals surface area contributed by atoms with Gasteiger partial charge in [-0.05, 0) is 24.6 Å². The fraction of sp³-hybridized carbons (Fsp3) is 0.389. The fourth-order valence-electron chi connectivity index (χ4n) is 3.18. The number of amides is 2. The van der Waals surface area contributed by atoms with Gasteiger partial charge in [0, 0.05) is 37.1 Å². The highest BCUT2D eigenvalue weighted by Gasteiger charge is 2.45. The minimum Gasteiger partial charge on any atom is -0.465 e. The molecule has 1 aliphatic rings. The van der Waals surface area contributed by atoms with Crippen molar-refractivity contribution in [2.75, 3.05) is 0 Å². The summed E-state index contributed by atoms with van der Waals surface area (Å²) < 4.78 is 51.6. The van der Waals surface area contributed by atoms with Crippen LogP contribution in [-0.2, 0) is 17.5 Å². The third-order valence-electron chi connectivity index (χ3n) is 4.76. The van der Waals surface area contributed by atoms with Gasteiger partial charge in [0.25, 0.3) is 0 Å². The van der Waals surface area contributed by atoms with Crippen LogP contribution in [0, 0.1) is 0 Å². The molecule has 0 spiro atoms. The smallest absolute Gasteiger partial charge is 0.451 e. The molecule has 1 saturated heterocycles. The quantitative estimate of drug-likeness (QED) is 0.727. The average Bonchev–Trinajstić information content (AvgIpc) is 3.01. The van der Waals surface area contributed by atoms with E-state index < -0.39 is 42.3 Å². The zero-order valence-electron chi connectivity index (χ0n) is 15.6. The van der Waals surface area contributed by atoms with Crippen LogP contribution in [0.1, 0.15) is 24.7 Å². The van der Waals surface area contributed by atoms with Gasteiger partial charge in [-0.2, -0.15) is 13.2 Å². The number of nitrogens with one attached hydrogen (secondary N) is 1. The van der Waals surface area contributed by atoms with Crippen molar-refractivity contribution >= 4 is 12.0 Å². The molecule has 2 aromatic rings. The zero-order valence-corrected chi connectivity index (χ0v) is 15.6. The van der Waals surface area contributed by atoms with Crippen LogP contribution in [0.2, 0.25) is 0 Å². The molecule has 12 heteroatoms. The number of hydrogen-bond donors (Lipinski definition) is 2. The Balaban J connectivity index is 1.68. The number of carbonyl (C=O) groups excluding carboxylic acids is 1. The number of hydrogen-bond acceptors (Lipinski definition) is 5. The second-order valence-corrected chi connectivity index (χ2v) is 6.76. The molecule has 0 radical (unpaired) electrons. The van der Waals surface area contributed by atoms with Gasteiger partial charge in [0.15, 0.2) is 0 Å². The number of carbonyl (C=O) groups is 2. The number of nitrogens with zero attached hydrogens (tertiary/aromatic N) is 4. The number of carboxylic acid groups (broad SMARTS) is 1. The van der Waals surface area contributed by atoms with Gasteiger partial charge >= 0.3 is 12.3 Å².